The highest BCUT2D eigenvalue weighted by Gasteiger charge is 2.19. The highest BCUT2D eigenvalue weighted by Crippen LogP contribution is 2.10. The molecule has 5 heteroatoms. The number of hydrogen-bond acceptors (Lipinski definition) is 3. The lowest BCUT2D eigenvalue weighted by Gasteiger charge is -2.29. The number of nitrogens with zero attached hydrogens (tertiary/aromatic N) is 1. The Morgan fingerprint density at radius 3 is 2.79 bits per heavy atom. The molecule has 0 atom stereocenters. The maximum Gasteiger partial charge on any atom is 0.341 e. The molecule has 1 aromatic rings. The monoisotopic (exact) mass is 194 g/mol. The predicted molar refractivity (Wildman–Crippen MR) is 49.6 cm³/mol. The van der Waals surface area contributed by atoms with Gasteiger partial charge in [0, 0.05) is 31.5 Å². The van der Waals surface area contributed by atoms with Gasteiger partial charge in [-0.15, -0.1) is 0 Å². The highest BCUT2D eigenvalue weighted by molar-refractivity contribution is 5.86. The van der Waals surface area contributed by atoms with Crippen LogP contribution in [-0.2, 0) is 0 Å². The van der Waals surface area contributed by atoms with Crippen LogP contribution in [0.2, 0.25) is 0 Å². The summed E-state index contributed by atoms with van der Waals surface area (Å²) in [5.74, 6) is -1.17. The van der Waals surface area contributed by atoms with Gasteiger partial charge in [-0.25, -0.2) is 4.79 Å². The van der Waals surface area contributed by atoms with Crippen LogP contribution in [0.4, 0.5) is 0 Å². The SMILES string of the molecule is O=C(O)c1cn(C2CNC2)ccc1=O. The largest absolute Gasteiger partial charge is 0.477 e. The predicted octanol–water partition coefficient (Wildman–Crippen LogP) is -0.309. The topological polar surface area (TPSA) is 71.3 Å². The van der Waals surface area contributed by atoms with E-state index < -0.39 is 11.4 Å². The van der Waals surface area contributed by atoms with E-state index >= 15 is 0 Å². The van der Waals surface area contributed by atoms with Gasteiger partial charge in [-0.3, -0.25) is 4.79 Å². The Balaban J connectivity index is 2.40. The molecule has 1 aliphatic rings. The molecule has 0 aromatic carbocycles. The lowest BCUT2D eigenvalue weighted by molar-refractivity contribution is 0.0694. The quantitative estimate of drug-likeness (QED) is 0.677. The molecule has 0 bridgehead atoms. The van der Waals surface area contributed by atoms with Crippen molar-refractivity contribution in [3.63, 3.8) is 0 Å². The molecule has 14 heavy (non-hydrogen) atoms. The van der Waals surface area contributed by atoms with Gasteiger partial charge in [0.1, 0.15) is 5.56 Å². The van der Waals surface area contributed by atoms with Crippen LogP contribution in [0, 0.1) is 0 Å². The van der Waals surface area contributed by atoms with Gasteiger partial charge in [-0.1, -0.05) is 0 Å². The van der Waals surface area contributed by atoms with E-state index in [1.807, 2.05) is 0 Å². The summed E-state index contributed by atoms with van der Waals surface area (Å²) < 4.78 is 1.77. The van der Waals surface area contributed by atoms with Crippen molar-refractivity contribution in [2.24, 2.45) is 0 Å². The minimum absolute atomic E-state index is 0.167. The van der Waals surface area contributed by atoms with Crippen LogP contribution in [0.25, 0.3) is 0 Å². The summed E-state index contributed by atoms with van der Waals surface area (Å²) >= 11 is 0. The summed E-state index contributed by atoms with van der Waals surface area (Å²) in [4.78, 5) is 21.8. The number of aromatic nitrogens is 1. The number of carboxylic acid groups (broad SMARTS) is 1. The molecule has 0 saturated carbocycles. The van der Waals surface area contributed by atoms with Crippen molar-refractivity contribution in [2.45, 2.75) is 6.04 Å². The Bertz CT molecular complexity index is 420. The Morgan fingerprint density at radius 2 is 2.29 bits per heavy atom. The molecule has 0 aliphatic carbocycles. The minimum Gasteiger partial charge on any atom is -0.477 e. The number of nitrogens with one attached hydrogen (secondary N) is 1. The third-order valence-corrected chi connectivity index (χ3v) is 2.35. The first-order valence-electron chi connectivity index (χ1n) is 4.34. The van der Waals surface area contributed by atoms with Crippen molar-refractivity contribution in [1.29, 1.82) is 0 Å². The van der Waals surface area contributed by atoms with E-state index in [0.717, 1.165) is 13.1 Å². The fraction of sp³-hybridized carbons (Fsp3) is 0.333. The van der Waals surface area contributed by atoms with E-state index in [9.17, 15) is 9.59 Å². The summed E-state index contributed by atoms with van der Waals surface area (Å²) in [6.07, 6.45) is 3.02. The van der Waals surface area contributed by atoms with Gasteiger partial charge in [0.15, 0.2) is 5.43 Å². The molecule has 1 saturated heterocycles. The average Bonchev–Trinajstić information content (AvgIpc) is 2.04. The van der Waals surface area contributed by atoms with Gasteiger partial charge in [0.05, 0.1) is 6.04 Å². The summed E-state index contributed by atoms with van der Waals surface area (Å²) in [6.45, 7) is 1.64. The molecule has 2 heterocycles. The zero-order valence-electron chi connectivity index (χ0n) is 7.43. The van der Waals surface area contributed by atoms with Crippen LogP contribution < -0.4 is 10.7 Å². The van der Waals surface area contributed by atoms with Gasteiger partial charge in [0.2, 0.25) is 0 Å². The molecule has 2 N–H and O–H groups in total. The van der Waals surface area contributed by atoms with Gasteiger partial charge in [-0.05, 0) is 0 Å². The van der Waals surface area contributed by atoms with Crippen molar-refractivity contribution >= 4 is 5.97 Å². The second-order valence-corrected chi connectivity index (χ2v) is 3.29. The first-order valence-corrected chi connectivity index (χ1v) is 4.34. The molecule has 2 rings (SSSR count). The van der Waals surface area contributed by atoms with Crippen molar-refractivity contribution in [3.05, 3.63) is 34.2 Å². The fourth-order valence-corrected chi connectivity index (χ4v) is 1.37. The van der Waals surface area contributed by atoms with Gasteiger partial charge in [-0.2, -0.15) is 0 Å². The number of hydrogen-bond donors (Lipinski definition) is 2. The third kappa shape index (κ3) is 1.42. The first-order chi connectivity index (χ1) is 6.68. The molecule has 0 amide bonds. The number of rotatable bonds is 2. The van der Waals surface area contributed by atoms with E-state index in [4.69, 9.17) is 5.11 Å². The second-order valence-electron chi connectivity index (χ2n) is 3.29. The van der Waals surface area contributed by atoms with E-state index in [0.29, 0.717) is 0 Å². The van der Waals surface area contributed by atoms with Crippen molar-refractivity contribution in [1.82, 2.24) is 9.88 Å². The Morgan fingerprint density at radius 1 is 1.57 bits per heavy atom. The minimum atomic E-state index is -1.17. The summed E-state index contributed by atoms with van der Waals surface area (Å²) in [5, 5.41) is 11.8. The van der Waals surface area contributed by atoms with Crippen LogP contribution in [0.1, 0.15) is 16.4 Å². The standard InChI is InChI=1S/C9H10N2O3/c12-8-1-2-11(6-3-10-4-6)5-7(8)9(13)14/h1-2,5-6,10H,3-4H2,(H,13,14). The zero-order valence-corrected chi connectivity index (χ0v) is 7.43. The lowest BCUT2D eigenvalue weighted by atomic mass is 10.1. The van der Waals surface area contributed by atoms with Crippen LogP contribution in [0.5, 0.6) is 0 Å². The molecule has 5 nitrogen and oxygen atoms in total. The molecule has 0 spiro atoms. The van der Waals surface area contributed by atoms with E-state index in [1.54, 1.807) is 10.8 Å². The maximum absolute atomic E-state index is 11.1. The molecule has 1 aromatic heterocycles. The Hall–Kier alpha value is -1.62. The van der Waals surface area contributed by atoms with Gasteiger partial charge < -0.3 is 15.0 Å². The summed E-state index contributed by atoms with van der Waals surface area (Å²) in [5.41, 5.74) is -0.611. The van der Waals surface area contributed by atoms with Crippen molar-refractivity contribution in [3.8, 4) is 0 Å². The third-order valence-electron chi connectivity index (χ3n) is 2.35. The normalized spacial score (nSPS) is 16.3. The van der Waals surface area contributed by atoms with Crippen molar-refractivity contribution in [2.75, 3.05) is 13.1 Å². The van der Waals surface area contributed by atoms with E-state index in [2.05, 4.69) is 5.32 Å². The number of pyridine rings is 1. The molecular weight excluding hydrogens is 184 g/mol. The fourth-order valence-electron chi connectivity index (χ4n) is 1.37. The molecule has 0 unspecified atom stereocenters. The second kappa shape index (κ2) is 3.26. The summed E-state index contributed by atoms with van der Waals surface area (Å²) in [6, 6.07) is 1.57. The van der Waals surface area contributed by atoms with E-state index in [1.165, 1.54) is 12.3 Å². The van der Waals surface area contributed by atoms with Crippen molar-refractivity contribution < 1.29 is 9.90 Å². The zero-order chi connectivity index (χ0) is 10.1. The molecule has 74 valence electrons. The van der Waals surface area contributed by atoms with Crippen LogP contribution in [0.3, 0.4) is 0 Å². The summed E-state index contributed by atoms with van der Waals surface area (Å²) in [7, 11) is 0. The van der Waals surface area contributed by atoms with Gasteiger partial charge in [0.25, 0.3) is 0 Å². The Kier molecular flexibility index (Phi) is 2.09. The number of aromatic carboxylic acids is 1. The van der Waals surface area contributed by atoms with Crippen LogP contribution >= 0.6 is 0 Å². The van der Waals surface area contributed by atoms with Crippen LogP contribution in [-0.4, -0.2) is 28.7 Å². The molecule has 0 radical (unpaired) electrons. The van der Waals surface area contributed by atoms with Gasteiger partial charge >= 0.3 is 5.97 Å². The first kappa shape index (κ1) is 8.96. The molecule has 1 fully saturated rings. The smallest absolute Gasteiger partial charge is 0.341 e. The molecular formula is C9H10N2O3. The lowest BCUT2D eigenvalue weighted by Crippen LogP contribution is -2.43. The maximum atomic E-state index is 11.1. The Labute approximate surface area is 80.0 Å². The highest BCUT2D eigenvalue weighted by atomic mass is 16.4. The number of carbonyl (C=O) groups is 1. The average molecular weight is 194 g/mol. The van der Waals surface area contributed by atoms with E-state index in [-0.39, 0.29) is 11.6 Å². The van der Waals surface area contributed by atoms with Crippen LogP contribution in [0.15, 0.2) is 23.3 Å². The molecule has 1 aliphatic heterocycles. The number of carboxylic acids is 1.